The number of rotatable bonds is 10. The number of benzene rings is 2. The van der Waals surface area contributed by atoms with Crippen LogP contribution in [-0.4, -0.2) is 12.4 Å². The first kappa shape index (κ1) is 19.9. The lowest BCUT2D eigenvalue weighted by molar-refractivity contribution is -0.132. The molecule has 1 aliphatic rings. The molecule has 0 fully saturated rings. The highest BCUT2D eigenvalue weighted by Gasteiger charge is 2.56. The highest BCUT2D eigenvalue weighted by Crippen LogP contribution is 2.54. The largest absolute Gasteiger partial charge is 0.699 e. The SMILES string of the molecule is CCCCO[P+](=O)OC1(C(=O)CCCC)c2ccccc2-c2ccccc21. The Morgan fingerprint density at radius 3 is 2.04 bits per heavy atom. The number of Topliss-reactive ketones (excluding diaryl/α,β-unsaturated/α-hetero) is 1. The Labute approximate surface area is 161 Å². The molecule has 0 saturated heterocycles. The standard InChI is InChI=1S/C22H26O4P/c1-3-5-15-21(23)22(26-27(24)25-16-6-4-2)19-13-9-7-11-17(19)18-12-8-10-14-20(18)22/h7-14H,3-6,15-16H2,1-2H3/q+1. The van der Waals surface area contributed by atoms with E-state index in [0.717, 1.165) is 47.9 Å². The first-order valence-corrected chi connectivity index (χ1v) is 10.8. The van der Waals surface area contributed by atoms with Crippen molar-refractivity contribution in [1.82, 2.24) is 0 Å². The van der Waals surface area contributed by atoms with E-state index in [1.54, 1.807) is 0 Å². The molecule has 0 aromatic heterocycles. The second kappa shape index (κ2) is 8.88. The van der Waals surface area contributed by atoms with E-state index < -0.39 is 13.9 Å². The summed E-state index contributed by atoms with van der Waals surface area (Å²) in [5, 5.41) is 0. The van der Waals surface area contributed by atoms with Gasteiger partial charge in [-0.2, -0.15) is 0 Å². The zero-order valence-electron chi connectivity index (χ0n) is 15.9. The van der Waals surface area contributed by atoms with Gasteiger partial charge < -0.3 is 0 Å². The zero-order valence-corrected chi connectivity index (χ0v) is 16.8. The third-order valence-electron chi connectivity index (χ3n) is 4.96. The van der Waals surface area contributed by atoms with Crippen molar-refractivity contribution in [3.8, 4) is 11.1 Å². The molecule has 4 nitrogen and oxygen atoms in total. The van der Waals surface area contributed by atoms with Crippen LogP contribution in [0.2, 0.25) is 0 Å². The van der Waals surface area contributed by atoms with Crippen LogP contribution < -0.4 is 0 Å². The van der Waals surface area contributed by atoms with Crippen molar-refractivity contribution in [2.75, 3.05) is 6.61 Å². The summed E-state index contributed by atoms with van der Waals surface area (Å²) in [7, 11) is -2.42. The van der Waals surface area contributed by atoms with Gasteiger partial charge in [-0.3, -0.25) is 4.79 Å². The fourth-order valence-electron chi connectivity index (χ4n) is 3.58. The van der Waals surface area contributed by atoms with Gasteiger partial charge in [0.1, 0.15) is 6.61 Å². The fourth-order valence-corrected chi connectivity index (χ4v) is 4.43. The van der Waals surface area contributed by atoms with Gasteiger partial charge in [0.25, 0.3) is 0 Å². The fraction of sp³-hybridized carbons (Fsp3) is 0.409. The lowest BCUT2D eigenvalue weighted by Gasteiger charge is -2.24. The first-order valence-electron chi connectivity index (χ1n) is 9.67. The minimum absolute atomic E-state index is 0.0656. The van der Waals surface area contributed by atoms with E-state index in [2.05, 4.69) is 0 Å². The van der Waals surface area contributed by atoms with Gasteiger partial charge >= 0.3 is 8.25 Å². The van der Waals surface area contributed by atoms with Crippen LogP contribution in [0.5, 0.6) is 0 Å². The number of hydrogen-bond acceptors (Lipinski definition) is 4. The normalized spacial score (nSPS) is 14.5. The van der Waals surface area contributed by atoms with E-state index in [1.807, 2.05) is 62.4 Å². The summed E-state index contributed by atoms with van der Waals surface area (Å²) in [6, 6.07) is 15.4. The molecule has 2 aromatic rings. The van der Waals surface area contributed by atoms with Gasteiger partial charge in [-0.05, 0) is 24.0 Å². The Morgan fingerprint density at radius 2 is 1.48 bits per heavy atom. The van der Waals surface area contributed by atoms with Gasteiger partial charge in [0.2, 0.25) is 5.60 Å². The number of fused-ring (bicyclic) bond motifs is 3. The Kier molecular flexibility index (Phi) is 6.54. The average molecular weight is 385 g/mol. The summed E-state index contributed by atoms with van der Waals surface area (Å²) >= 11 is 0. The van der Waals surface area contributed by atoms with Crippen LogP contribution >= 0.6 is 8.25 Å². The molecule has 3 rings (SSSR count). The zero-order chi connectivity index (χ0) is 19.3. The average Bonchev–Trinajstić information content (AvgIpc) is 2.98. The lowest BCUT2D eigenvalue weighted by atomic mass is 9.85. The molecule has 27 heavy (non-hydrogen) atoms. The molecule has 0 radical (unpaired) electrons. The van der Waals surface area contributed by atoms with Crippen LogP contribution in [0.15, 0.2) is 48.5 Å². The molecule has 0 amide bonds. The van der Waals surface area contributed by atoms with Crippen molar-refractivity contribution in [2.24, 2.45) is 0 Å². The van der Waals surface area contributed by atoms with Crippen molar-refractivity contribution in [3.05, 3.63) is 59.7 Å². The smallest absolute Gasteiger partial charge is 0.295 e. The Morgan fingerprint density at radius 1 is 0.926 bits per heavy atom. The van der Waals surface area contributed by atoms with Gasteiger partial charge in [-0.25, -0.2) is 0 Å². The van der Waals surface area contributed by atoms with Crippen molar-refractivity contribution >= 4 is 14.0 Å². The van der Waals surface area contributed by atoms with Gasteiger partial charge in [0, 0.05) is 22.1 Å². The van der Waals surface area contributed by atoms with E-state index in [1.165, 1.54) is 0 Å². The summed E-state index contributed by atoms with van der Waals surface area (Å²) in [6.07, 6.45) is 3.78. The van der Waals surface area contributed by atoms with E-state index in [9.17, 15) is 9.36 Å². The first-order chi connectivity index (χ1) is 13.1. The number of ketones is 1. The van der Waals surface area contributed by atoms with Gasteiger partial charge in [-0.15, -0.1) is 4.52 Å². The van der Waals surface area contributed by atoms with Gasteiger partial charge in [-0.1, -0.05) is 79.7 Å². The second-order valence-corrected chi connectivity index (χ2v) is 7.69. The summed E-state index contributed by atoms with van der Waals surface area (Å²) in [5.74, 6) is -0.0656. The lowest BCUT2D eigenvalue weighted by Crippen LogP contribution is -2.36. The molecule has 0 saturated carbocycles. The predicted octanol–water partition coefficient (Wildman–Crippen LogP) is 6.16. The summed E-state index contributed by atoms with van der Waals surface area (Å²) < 4.78 is 24.0. The minimum Gasteiger partial charge on any atom is -0.295 e. The number of hydrogen-bond donors (Lipinski definition) is 0. The molecular weight excluding hydrogens is 359 g/mol. The number of carbonyl (C=O) groups excluding carboxylic acids is 1. The molecule has 0 N–H and O–H groups in total. The summed E-state index contributed by atoms with van der Waals surface area (Å²) in [4.78, 5) is 13.4. The molecular formula is C22H26O4P+. The van der Waals surface area contributed by atoms with Crippen molar-refractivity contribution in [2.45, 2.75) is 51.6 Å². The predicted molar refractivity (Wildman–Crippen MR) is 107 cm³/mol. The van der Waals surface area contributed by atoms with Crippen LogP contribution in [-0.2, 0) is 24.0 Å². The Bertz CT molecular complexity index is 785. The quantitative estimate of drug-likeness (QED) is 0.363. The third-order valence-corrected chi connectivity index (χ3v) is 5.78. The molecule has 0 aliphatic heterocycles. The molecule has 1 aliphatic carbocycles. The molecule has 1 atom stereocenters. The highest BCUT2D eigenvalue weighted by molar-refractivity contribution is 7.33. The van der Waals surface area contributed by atoms with Crippen molar-refractivity contribution in [3.63, 3.8) is 0 Å². The van der Waals surface area contributed by atoms with Crippen LogP contribution in [0.25, 0.3) is 11.1 Å². The number of unbranched alkanes of at least 4 members (excludes halogenated alkanes) is 2. The number of carbonyl (C=O) groups is 1. The molecule has 0 bridgehead atoms. The molecule has 0 heterocycles. The van der Waals surface area contributed by atoms with E-state index in [0.29, 0.717) is 13.0 Å². The second-order valence-electron chi connectivity index (χ2n) is 6.80. The maximum absolute atomic E-state index is 13.4. The van der Waals surface area contributed by atoms with Gasteiger partial charge in [0.15, 0.2) is 5.78 Å². The Hall–Kier alpha value is -1.87. The maximum atomic E-state index is 13.4. The molecule has 2 aromatic carbocycles. The summed E-state index contributed by atoms with van der Waals surface area (Å²) in [6.45, 7) is 4.44. The van der Waals surface area contributed by atoms with Crippen molar-refractivity contribution in [1.29, 1.82) is 0 Å². The van der Waals surface area contributed by atoms with Crippen LogP contribution in [0.3, 0.4) is 0 Å². The van der Waals surface area contributed by atoms with Crippen molar-refractivity contribution < 1.29 is 18.4 Å². The van der Waals surface area contributed by atoms with E-state index in [-0.39, 0.29) is 5.78 Å². The van der Waals surface area contributed by atoms with Crippen LogP contribution in [0.1, 0.15) is 57.1 Å². The molecule has 142 valence electrons. The molecule has 0 spiro atoms. The maximum Gasteiger partial charge on any atom is 0.699 e. The van der Waals surface area contributed by atoms with E-state index >= 15 is 0 Å². The van der Waals surface area contributed by atoms with Crippen LogP contribution in [0.4, 0.5) is 0 Å². The highest BCUT2D eigenvalue weighted by atomic mass is 31.1. The molecule has 1 unspecified atom stereocenters. The topological polar surface area (TPSA) is 52.6 Å². The monoisotopic (exact) mass is 385 g/mol. The van der Waals surface area contributed by atoms with E-state index in [4.69, 9.17) is 9.05 Å². The summed E-state index contributed by atoms with van der Waals surface area (Å²) in [5.41, 5.74) is 2.07. The van der Waals surface area contributed by atoms with Crippen LogP contribution in [0, 0.1) is 0 Å². The Balaban J connectivity index is 2.07. The minimum atomic E-state index is -2.42. The molecule has 5 heteroatoms. The van der Waals surface area contributed by atoms with Gasteiger partial charge in [0.05, 0.1) is 0 Å². The third kappa shape index (κ3) is 3.75.